The predicted octanol–water partition coefficient (Wildman–Crippen LogP) is 2.35. The summed E-state index contributed by atoms with van der Waals surface area (Å²) in [6.45, 7) is 0.431. The van der Waals surface area contributed by atoms with Gasteiger partial charge in [0.2, 0.25) is 10.0 Å². The molecule has 0 atom stereocenters. The van der Waals surface area contributed by atoms with Gasteiger partial charge in [-0.3, -0.25) is 4.79 Å². The number of rotatable bonds is 4. The summed E-state index contributed by atoms with van der Waals surface area (Å²) in [6.07, 6.45) is 0.978. The van der Waals surface area contributed by atoms with Crippen molar-refractivity contribution < 1.29 is 22.7 Å². The van der Waals surface area contributed by atoms with Gasteiger partial charge < -0.3 is 5.11 Å². The fourth-order valence-electron chi connectivity index (χ4n) is 2.41. The lowest BCUT2D eigenvalue weighted by Gasteiger charge is -2.30. The Morgan fingerprint density at radius 3 is 2.57 bits per heavy atom. The molecule has 0 aromatic heterocycles. The summed E-state index contributed by atoms with van der Waals surface area (Å²) in [5, 5.41) is 8.72. The van der Waals surface area contributed by atoms with E-state index in [1.807, 2.05) is 0 Å². The first-order valence-electron chi connectivity index (χ1n) is 6.47. The minimum Gasteiger partial charge on any atom is -0.481 e. The topological polar surface area (TPSA) is 74.7 Å². The van der Waals surface area contributed by atoms with E-state index < -0.39 is 21.8 Å². The molecule has 2 rings (SSSR count). The van der Waals surface area contributed by atoms with E-state index in [0.29, 0.717) is 12.8 Å². The zero-order valence-electron chi connectivity index (χ0n) is 11.1. The molecule has 0 saturated carbocycles. The second kappa shape index (κ2) is 6.29. The summed E-state index contributed by atoms with van der Waals surface area (Å²) < 4.78 is 39.4. The van der Waals surface area contributed by atoms with Crippen molar-refractivity contribution in [2.24, 2.45) is 5.92 Å². The fourth-order valence-corrected chi connectivity index (χ4v) is 4.37. The van der Waals surface area contributed by atoms with E-state index in [-0.39, 0.29) is 35.3 Å². The van der Waals surface area contributed by atoms with E-state index >= 15 is 0 Å². The molecule has 0 bridgehead atoms. The molecule has 1 heterocycles. The van der Waals surface area contributed by atoms with Crippen LogP contribution in [0.15, 0.2) is 23.1 Å². The number of halogens is 2. The van der Waals surface area contributed by atoms with Crippen LogP contribution in [0.1, 0.15) is 19.3 Å². The quantitative estimate of drug-likeness (QED) is 0.916. The Morgan fingerprint density at radius 2 is 2.00 bits per heavy atom. The van der Waals surface area contributed by atoms with Crippen LogP contribution in [0.25, 0.3) is 0 Å². The average molecular weight is 336 g/mol. The second-order valence-corrected chi connectivity index (χ2v) is 7.33. The Bertz CT molecular complexity index is 642. The highest BCUT2D eigenvalue weighted by atomic mass is 35.5. The van der Waals surface area contributed by atoms with Crippen molar-refractivity contribution in [3.8, 4) is 0 Å². The molecule has 0 amide bonds. The number of nitrogens with zero attached hydrogens (tertiary/aromatic N) is 1. The summed E-state index contributed by atoms with van der Waals surface area (Å²) in [6, 6.07) is 3.21. The lowest BCUT2D eigenvalue weighted by atomic mass is 9.95. The SMILES string of the molecule is O=C(O)CC1CCN(S(=O)(=O)c2cc(F)ccc2Cl)CC1. The molecule has 1 aliphatic heterocycles. The van der Waals surface area contributed by atoms with Crippen LogP contribution in [0.2, 0.25) is 5.02 Å². The van der Waals surface area contributed by atoms with Gasteiger partial charge >= 0.3 is 5.97 Å². The van der Waals surface area contributed by atoms with E-state index in [1.165, 1.54) is 10.4 Å². The maximum absolute atomic E-state index is 13.2. The molecular weight excluding hydrogens is 321 g/mol. The number of hydrogen-bond acceptors (Lipinski definition) is 3. The number of aliphatic carboxylic acids is 1. The Kier molecular flexibility index (Phi) is 4.85. The first-order valence-corrected chi connectivity index (χ1v) is 8.29. The number of carbonyl (C=O) groups is 1. The maximum atomic E-state index is 13.2. The molecular formula is C13H15ClFNO4S. The highest BCUT2D eigenvalue weighted by Gasteiger charge is 2.31. The van der Waals surface area contributed by atoms with Gasteiger partial charge in [-0.25, -0.2) is 12.8 Å². The van der Waals surface area contributed by atoms with Crippen molar-refractivity contribution in [1.82, 2.24) is 4.31 Å². The van der Waals surface area contributed by atoms with Crippen LogP contribution in [0.3, 0.4) is 0 Å². The minimum atomic E-state index is -3.85. The molecule has 1 aromatic rings. The van der Waals surface area contributed by atoms with Crippen LogP contribution >= 0.6 is 11.6 Å². The Morgan fingerprint density at radius 1 is 1.38 bits per heavy atom. The Balaban J connectivity index is 2.15. The van der Waals surface area contributed by atoms with Gasteiger partial charge in [-0.15, -0.1) is 0 Å². The molecule has 116 valence electrons. The average Bonchev–Trinajstić information content (AvgIpc) is 2.41. The molecule has 0 aliphatic carbocycles. The molecule has 1 fully saturated rings. The van der Waals surface area contributed by atoms with Crippen LogP contribution in [0.5, 0.6) is 0 Å². The van der Waals surface area contributed by atoms with Gasteiger partial charge in [-0.2, -0.15) is 4.31 Å². The molecule has 1 aromatic carbocycles. The van der Waals surface area contributed by atoms with Crippen molar-refractivity contribution in [3.05, 3.63) is 29.0 Å². The number of hydrogen-bond donors (Lipinski definition) is 1. The third-order valence-electron chi connectivity index (χ3n) is 3.55. The van der Waals surface area contributed by atoms with Crippen molar-refractivity contribution in [3.63, 3.8) is 0 Å². The molecule has 0 radical (unpaired) electrons. The van der Waals surface area contributed by atoms with Gasteiger partial charge in [0.1, 0.15) is 10.7 Å². The van der Waals surface area contributed by atoms with Gasteiger partial charge in [-0.1, -0.05) is 11.6 Å². The number of sulfonamides is 1. The minimum absolute atomic E-state index is 0.0240. The monoisotopic (exact) mass is 335 g/mol. The molecule has 21 heavy (non-hydrogen) atoms. The lowest BCUT2D eigenvalue weighted by molar-refractivity contribution is -0.138. The van der Waals surface area contributed by atoms with E-state index in [4.69, 9.17) is 16.7 Å². The van der Waals surface area contributed by atoms with Crippen molar-refractivity contribution in [1.29, 1.82) is 0 Å². The summed E-state index contributed by atoms with van der Waals surface area (Å²) in [5.74, 6) is -1.58. The third kappa shape index (κ3) is 3.72. The van der Waals surface area contributed by atoms with E-state index in [9.17, 15) is 17.6 Å². The van der Waals surface area contributed by atoms with Crippen LogP contribution in [-0.4, -0.2) is 36.9 Å². The number of benzene rings is 1. The largest absolute Gasteiger partial charge is 0.481 e. The first kappa shape index (κ1) is 16.2. The van der Waals surface area contributed by atoms with Crippen LogP contribution in [0, 0.1) is 11.7 Å². The van der Waals surface area contributed by atoms with Crippen LogP contribution < -0.4 is 0 Å². The van der Waals surface area contributed by atoms with Crippen molar-refractivity contribution >= 4 is 27.6 Å². The van der Waals surface area contributed by atoms with Crippen LogP contribution in [0.4, 0.5) is 4.39 Å². The third-order valence-corrected chi connectivity index (χ3v) is 5.93. The Hall–Kier alpha value is -1.18. The summed E-state index contributed by atoms with van der Waals surface area (Å²) in [7, 11) is -3.85. The number of piperidine rings is 1. The Labute approximate surface area is 127 Å². The first-order chi connectivity index (χ1) is 9.80. The van der Waals surface area contributed by atoms with Gasteiger partial charge in [-0.05, 0) is 37.0 Å². The normalized spacial score (nSPS) is 17.8. The molecule has 5 nitrogen and oxygen atoms in total. The van der Waals surface area contributed by atoms with Gasteiger partial charge in [0.15, 0.2) is 0 Å². The smallest absolute Gasteiger partial charge is 0.303 e. The molecule has 0 unspecified atom stereocenters. The fraction of sp³-hybridized carbons (Fsp3) is 0.462. The van der Waals surface area contributed by atoms with Gasteiger partial charge in [0.05, 0.1) is 5.02 Å². The molecule has 1 saturated heterocycles. The number of carboxylic acid groups (broad SMARTS) is 1. The summed E-state index contributed by atoms with van der Waals surface area (Å²) in [4.78, 5) is 10.4. The number of carboxylic acids is 1. The van der Waals surface area contributed by atoms with Gasteiger partial charge in [0.25, 0.3) is 0 Å². The van der Waals surface area contributed by atoms with E-state index in [1.54, 1.807) is 0 Å². The molecule has 0 spiro atoms. The van der Waals surface area contributed by atoms with Crippen molar-refractivity contribution in [2.45, 2.75) is 24.2 Å². The molecule has 1 aliphatic rings. The summed E-state index contributed by atoms with van der Waals surface area (Å²) >= 11 is 5.85. The summed E-state index contributed by atoms with van der Waals surface area (Å²) in [5.41, 5.74) is 0. The molecule has 8 heteroatoms. The highest BCUT2D eigenvalue weighted by Crippen LogP contribution is 2.29. The van der Waals surface area contributed by atoms with E-state index in [0.717, 1.165) is 12.1 Å². The maximum Gasteiger partial charge on any atom is 0.303 e. The van der Waals surface area contributed by atoms with Crippen molar-refractivity contribution in [2.75, 3.05) is 13.1 Å². The molecule has 1 N–H and O–H groups in total. The van der Waals surface area contributed by atoms with E-state index in [2.05, 4.69) is 0 Å². The zero-order chi connectivity index (χ0) is 15.6. The standard InChI is InChI=1S/C13H15ClFNO4S/c14-11-2-1-10(15)8-12(11)21(19,20)16-5-3-9(4-6-16)7-13(17)18/h1-2,8-9H,3-7H2,(H,17,18). The predicted molar refractivity (Wildman–Crippen MR) is 75.1 cm³/mol. The second-order valence-electron chi connectivity index (χ2n) is 5.02. The highest BCUT2D eigenvalue weighted by molar-refractivity contribution is 7.89. The zero-order valence-corrected chi connectivity index (χ0v) is 12.7. The van der Waals surface area contributed by atoms with Crippen LogP contribution in [-0.2, 0) is 14.8 Å². The van der Waals surface area contributed by atoms with Gasteiger partial charge in [0, 0.05) is 19.5 Å². The lowest BCUT2D eigenvalue weighted by Crippen LogP contribution is -2.39.